The maximum absolute atomic E-state index is 14.4. The molecule has 5 rings (SSSR count). The van der Waals surface area contributed by atoms with E-state index in [1.807, 2.05) is 56.3 Å². The summed E-state index contributed by atoms with van der Waals surface area (Å²) in [5.74, 6) is -0.455. The van der Waals surface area contributed by atoms with E-state index in [0.29, 0.717) is 21.2 Å². The molecule has 0 amide bonds. The summed E-state index contributed by atoms with van der Waals surface area (Å²) in [7, 11) is -2.52. The van der Waals surface area contributed by atoms with Crippen molar-refractivity contribution < 1.29 is 23.4 Å². The number of furan rings is 1. The molecule has 5 aromatic rings. The van der Waals surface area contributed by atoms with Crippen molar-refractivity contribution in [2.24, 2.45) is 0 Å². The monoisotopic (exact) mass is 600 g/mol. The minimum absolute atomic E-state index is 0.0356. The second-order valence-corrected chi connectivity index (χ2v) is 13.2. The fourth-order valence-electron chi connectivity index (χ4n) is 4.39. The van der Waals surface area contributed by atoms with Crippen LogP contribution in [-0.4, -0.2) is 29.2 Å². The molecule has 200 valence electrons. The van der Waals surface area contributed by atoms with Gasteiger partial charge in [-0.1, -0.05) is 47.5 Å². The number of carbonyl (C=O) groups is 1. The molecule has 3 aromatic heterocycles. The SMILES string of the molecule is COP(=O)(c1ccc(Cl)cc1Cl)N(c1cc(-c2ccc(-c3cc4ncccc4o3)cc2)sc1C(=O)O)C(C)C. The van der Waals surface area contributed by atoms with Crippen molar-refractivity contribution in [2.75, 3.05) is 11.8 Å². The van der Waals surface area contributed by atoms with Gasteiger partial charge in [0.2, 0.25) is 0 Å². The zero-order valence-corrected chi connectivity index (χ0v) is 24.3. The van der Waals surface area contributed by atoms with E-state index in [2.05, 4.69) is 4.98 Å². The largest absolute Gasteiger partial charge is 0.477 e. The second kappa shape index (κ2) is 10.8. The quantitative estimate of drug-likeness (QED) is 0.178. The van der Waals surface area contributed by atoms with E-state index in [1.165, 1.54) is 17.8 Å². The highest BCUT2D eigenvalue weighted by molar-refractivity contribution is 7.68. The van der Waals surface area contributed by atoms with Crippen LogP contribution in [0.5, 0.6) is 0 Å². The van der Waals surface area contributed by atoms with Gasteiger partial charge in [0, 0.05) is 40.9 Å². The number of aromatic carboxylic acids is 1. The number of anilines is 1. The normalized spacial score (nSPS) is 13.1. The molecule has 0 bridgehead atoms. The molecule has 1 atom stereocenters. The summed E-state index contributed by atoms with van der Waals surface area (Å²) < 4.78 is 27.5. The third kappa shape index (κ3) is 5.11. The zero-order chi connectivity index (χ0) is 27.9. The first-order chi connectivity index (χ1) is 18.6. The third-order valence-electron chi connectivity index (χ3n) is 6.13. The molecule has 0 aliphatic rings. The predicted octanol–water partition coefficient (Wildman–Crippen LogP) is 8.61. The van der Waals surface area contributed by atoms with Crippen LogP contribution in [0.2, 0.25) is 10.0 Å². The summed E-state index contributed by atoms with van der Waals surface area (Å²) in [6.45, 7) is 3.63. The summed E-state index contributed by atoms with van der Waals surface area (Å²) in [5, 5.41) is 10.9. The van der Waals surface area contributed by atoms with Gasteiger partial charge in [-0.2, -0.15) is 0 Å². The fourth-order valence-corrected chi connectivity index (χ4v) is 8.44. The van der Waals surface area contributed by atoms with Crippen LogP contribution in [0.25, 0.3) is 32.9 Å². The Morgan fingerprint density at radius 2 is 1.79 bits per heavy atom. The molecule has 39 heavy (non-hydrogen) atoms. The van der Waals surface area contributed by atoms with Gasteiger partial charge in [-0.15, -0.1) is 11.3 Å². The van der Waals surface area contributed by atoms with Crippen LogP contribution in [0.1, 0.15) is 23.5 Å². The van der Waals surface area contributed by atoms with Crippen molar-refractivity contribution in [3.63, 3.8) is 0 Å². The summed E-state index contributed by atoms with van der Waals surface area (Å²) in [6, 6.07) is 19.1. The van der Waals surface area contributed by atoms with Crippen molar-refractivity contribution in [1.29, 1.82) is 0 Å². The van der Waals surface area contributed by atoms with E-state index in [4.69, 9.17) is 32.1 Å². The number of nitrogens with zero attached hydrogens (tertiary/aromatic N) is 2. The number of aromatic nitrogens is 1. The standard InChI is InChI=1S/C28H23Cl2N2O5PS/c1-16(2)32(38(35,36-3)25-11-10-19(29)13-20(25)30)22-15-26(39-27(22)28(33)34)18-8-6-17(7-9-18)24-14-21-23(37-24)5-4-12-31-21/h4-16H,1-3H3,(H,33,34). The number of pyridine rings is 1. The minimum atomic E-state index is -3.84. The van der Waals surface area contributed by atoms with Crippen molar-refractivity contribution in [2.45, 2.75) is 19.9 Å². The van der Waals surface area contributed by atoms with E-state index in [0.717, 1.165) is 28.0 Å². The molecular formula is C28H23Cl2N2O5PS. The summed E-state index contributed by atoms with van der Waals surface area (Å²) in [6.07, 6.45) is 1.71. The number of halogens is 2. The van der Waals surface area contributed by atoms with E-state index in [9.17, 15) is 14.5 Å². The fraction of sp³-hybridized carbons (Fsp3) is 0.143. The number of carboxylic acids is 1. The highest BCUT2D eigenvalue weighted by Gasteiger charge is 2.40. The first-order valence-electron chi connectivity index (χ1n) is 11.9. The Hall–Kier alpha value is -3.13. The molecular weight excluding hydrogens is 578 g/mol. The molecule has 0 radical (unpaired) electrons. The Labute approximate surface area is 239 Å². The lowest BCUT2D eigenvalue weighted by Gasteiger charge is -2.35. The van der Waals surface area contributed by atoms with Gasteiger partial charge in [0.1, 0.15) is 16.2 Å². The number of hydrogen-bond donors (Lipinski definition) is 1. The topological polar surface area (TPSA) is 92.9 Å². The molecule has 1 N–H and O–H groups in total. The number of benzene rings is 2. The van der Waals surface area contributed by atoms with Gasteiger partial charge < -0.3 is 14.0 Å². The molecule has 1 unspecified atom stereocenters. The maximum atomic E-state index is 14.4. The van der Waals surface area contributed by atoms with E-state index < -0.39 is 19.5 Å². The Balaban J connectivity index is 1.57. The molecule has 11 heteroatoms. The number of thiophene rings is 1. The molecule has 7 nitrogen and oxygen atoms in total. The van der Waals surface area contributed by atoms with Gasteiger partial charge in [-0.05, 0) is 55.8 Å². The van der Waals surface area contributed by atoms with Crippen molar-refractivity contribution in [3.8, 4) is 21.8 Å². The highest BCUT2D eigenvalue weighted by atomic mass is 35.5. The number of carboxylic acid groups (broad SMARTS) is 1. The summed E-state index contributed by atoms with van der Waals surface area (Å²) in [5.41, 5.74) is 3.40. The van der Waals surface area contributed by atoms with Gasteiger partial charge in [0.25, 0.3) is 0 Å². The molecule has 0 spiro atoms. The first kappa shape index (κ1) is 27.4. The van der Waals surface area contributed by atoms with Gasteiger partial charge in [-0.3, -0.25) is 14.2 Å². The van der Waals surface area contributed by atoms with Crippen LogP contribution in [-0.2, 0) is 9.09 Å². The second-order valence-electron chi connectivity index (χ2n) is 8.94. The van der Waals surface area contributed by atoms with Gasteiger partial charge in [0.05, 0.1) is 16.0 Å². The lowest BCUT2D eigenvalue weighted by molar-refractivity contribution is 0.0703. The average Bonchev–Trinajstić information content (AvgIpc) is 3.53. The van der Waals surface area contributed by atoms with Gasteiger partial charge in [-0.25, -0.2) is 4.79 Å². The molecule has 0 saturated heterocycles. The number of fused-ring (bicyclic) bond motifs is 1. The third-order valence-corrected chi connectivity index (χ3v) is 10.7. The van der Waals surface area contributed by atoms with E-state index in [1.54, 1.807) is 24.4 Å². The zero-order valence-electron chi connectivity index (χ0n) is 21.1. The van der Waals surface area contributed by atoms with Gasteiger partial charge in [0.15, 0.2) is 5.58 Å². The average molecular weight is 601 g/mol. The molecule has 0 aliphatic heterocycles. The first-order valence-corrected chi connectivity index (χ1v) is 15.0. The minimum Gasteiger partial charge on any atom is -0.477 e. The molecule has 3 heterocycles. The lowest BCUT2D eigenvalue weighted by Crippen LogP contribution is -2.33. The molecule has 2 aromatic carbocycles. The van der Waals surface area contributed by atoms with Gasteiger partial charge >= 0.3 is 13.5 Å². The Morgan fingerprint density at radius 3 is 2.41 bits per heavy atom. The Bertz CT molecular complexity index is 1700. The molecule has 0 fully saturated rings. The smallest absolute Gasteiger partial charge is 0.348 e. The number of hydrogen-bond acceptors (Lipinski definition) is 6. The van der Waals surface area contributed by atoms with E-state index >= 15 is 0 Å². The summed E-state index contributed by atoms with van der Waals surface area (Å²) >= 11 is 13.6. The van der Waals surface area contributed by atoms with Crippen LogP contribution < -0.4 is 9.97 Å². The van der Waals surface area contributed by atoms with E-state index in [-0.39, 0.29) is 20.9 Å². The predicted molar refractivity (Wildman–Crippen MR) is 158 cm³/mol. The lowest BCUT2D eigenvalue weighted by atomic mass is 10.1. The summed E-state index contributed by atoms with van der Waals surface area (Å²) in [4.78, 5) is 17.4. The number of rotatable bonds is 8. The van der Waals surface area contributed by atoms with Crippen molar-refractivity contribution in [3.05, 3.63) is 87.8 Å². The molecule has 0 saturated carbocycles. The van der Waals surface area contributed by atoms with Crippen molar-refractivity contribution >= 4 is 70.1 Å². The van der Waals surface area contributed by atoms with Crippen molar-refractivity contribution in [1.82, 2.24) is 4.98 Å². The molecule has 0 aliphatic carbocycles. The highest BCUT2D eigenvalue weighted by Crippen LogP contribution is 2.56. The van der Waals surface area contributed by atoms with Crippen LogP contribution in [0.4, 0.5) is 5.69 Å². The van der Waals surface area contributed by atoms with Crippen LogP contribution in [0, 0.1) is 0 Å². The van der Waals surface area contributed by atoms with Crippen LogP contribution in [0.3, 0.4) is 0 Å². The Kier molecular flexibility index (Phi) is 7.60. The van der Waals surface area contributed by atoms with Crippen LogP contribution >= 0.6 is 42.1 Å². The Morgan fingerprint density at radius 1 is 1.08 bits per heavy atom. The maximum Gasteiger partial charge on any atom is 0.348 e. The van der Waals surface area contributed by atoms with Crippen LogP contribution in [0.15, 0.2) is 77.3 Å².